The Balaban J connectivity index is 2.40. The van der Waals surface area contributed by atoms with Crippen LogP contribution in [0.3, 0.4) is 0 Å². The van der Waals surface area contributed by atoms with Crippen molar-refractivity contribution in [1.82, 2.24) is 0 Å². The van der Waals surface area contributed by atoms with E-state index in [9.17, 15) is 4.79 Å². The maximum Gasteiger partial charge on any atom is 0.311 e. The van der Waals surface area contributed by atoms with E-state index in [1.165, 1.54) is 0 Å². The Hall–Kier alpha value is -1.57. The molecule has 0 aromatic heterocycles. The van der Waals surface area contributed by atoms with Crippen LogP contribution in [-0.2, 0) is 4.79 Å². The molecule has 0 saturated carbocycles. The van der Waals surface area contributed by atoms with Gasteiger partial charge in [0, 0.05) is 6.42 Å². The summed E-state index contributed by atoms with van der Waals surface area (Å²) in [4.78, 5) is 11.4. The van der Waals surface area contributed by atoms with Gasteiger partial charge < -0.3 is 4.74 Å². The third-order valence-corrected chi connectivity index (χ3v) is 2.33. The molecule has 2 heteroatoms. The van der Waals surface area contributed by atoms with E-state index in [-0.39, 0.29) is 5.97 Å². The molecule has 1 rings (SSSR count). The zero-order valence-corrected chi connectivity index (χ0v) is 9.74. The Bertz CT molecular complexity index is 338. The number of hydrogen-bond acceptors (Lipinski definition) is 2. The summed E-state index contributed by atoms with van der Waals surface area (Å²) in [5, 5.41) is 0. The molecule has 0 aliphatic carbocycles. The van der Waals surface area contributed by atoms with Crippen LogP contribution in [0.15, 0.2) is 30.8 Å². The van der Waals surface area contributed by atoms with Gasteiger partial charge in [-0.15, -0.1) is 0 Å². The van der Waals surface area contributed by atoms with E-state index in [0.29, 0.717) is 12.2 Å². The first-order valence-corrected chi connectivity index (χ1v) is 5.69. The molecule has 0 heterocycles. The number of benzene rings is 1. The van der Waals surface area contributed by atoms with Gasteiger partial charge in [0.2, 0.25) is 0 Å². The first kappa shape index (κ1) is 12.5. The van der Waals surface area contributed by atoms with E-state index in [4.69, 9.17) is 4.74 Å². The van der Waals surface area contributed by atoms with Crippen molar-refractivity contribution in [2.24, 2.45) is 0 Å². The minimum Gasteiger partial charge on any atom is -0.427 e. The van der Waals surface area contributed by atoms with E-state index in [1.807, 2.05) is 12.1 Å². The van der Waals surface area contributed by atoms with E-state index >= 15 is 0 Å². The van der Waals surface area contributed by atoms with Gasteiger partial charge in [0.25, 0.3) is 0 Å². The van der Waals surface area contributed by atoms with Crippen LogP contribution in [0.25, 0.3) is 6.08 Å². The van der Waals surface area contributed by atoms with Gasteiger partial charge in [0.1, 0.15) is 5.75 Å². The van der Waals surface area contributed by atoms with Crippen LogP contribution in [0.5, 0.6) is 5.75 Å². The van der Waals surface area contributed by atoms with Crippen molar-refractivity contribution in [2.75, 3.05) is 0 Å². The van der Waals surface area contributed by atoms with Crippen LogP contribution in [0.1, 0.15) is 38.2 Å². The smallest absolute Gasteiger partial charge is 0.311 e. The lowest BCUT2D eigenvalue weighted by Gasteiger charge is -2.04. The van der Waals surface area contributed by atoms with Crippen molar-refractivity contribution in [3.05, 3.63) is 36.4 Å². The lowest BCUT2D eigenvalue weighted by molar-refractivity contribution is -0.134. The molecule has 0 atom stereocenters. The summed E-state index contributed by atoms with van der Waals surface area (Å²) in [7, 11) is 0. The van der Waals surface area contributed by atoms with Crippen molar-refractivity contribution >= 4 is 12.0 Å². The van der Waals surface area contributed by atoms with Crippen LogP contribution < -0.4 is 4.74 Å². The average Bonchev–Trinajstić information content (AvgIpc) is 2.30. The summed E-state index contributed by atoms with van der Waals surface area (Å²) in [5.74, 6) is 0.451. The van der Waals surface area contributed by atoms with Crippen molar-refractivity contribution in [3.63, 3.8) is 0 Å². The highest BCUT2D eigenvalue weighted by molar-refractivity contribution is 5.72. The molecule has 0 spiro atoms. The first-order valence-electron chi connectivity index (χ1n) is 5.69. The Morgan fingerprint density at radius 2 is 2.00 bits per heavy atom. The predicted octanol–water partition coefficient (Wildman–Crippen LogP) is 3.82. The predicted molar refractivity (Wildman–Crippen MR) is 66.3 cm³/mol. The third-order valence-electron chi connectivity index (χ3n) is 2.33. The van der Waals surface area contributed by atoms with Gasteiger partial charge in [0.15, 0.2) is 0 Å². The molecule has 0 amide bonds. The minimum atomic E-state index is -0.153. The highest BCUT2D eigenvalue weighted by atomic mass is 16.5. The first-order chi connectivity index (χ1) is 7.76. The molecule has 0 saturated heterocycles. The maximum absolute atomic E-state index is 11.4. The van der Waals surface area contributed by atoms with Crippen molar-refractivity contribution in [2.45, 2.75) is 32.6 Å². The van der Waals surface area contributed by atoms with Crippen LogP contribution in [0.2, 0.25) is 0 Å². The summed E-state index contributed by atoms with van der Waals surface area (Å²) in [6.07, 6.45) is 5.34. The number of esters is 1. The van der Waals surface area contributed by atoms with Crippen LogP contribution in [0, 0.1) is 0 Å². The number of carbonyl (C=O) groups is 1. The molecule has 16 heavy (non-hydrogen) atoms. The largest absolute Gasteiger partial charge is 0.427 e. The number of unbranched alkanes of at least 4 members (excludes halogenated alkanes) is 2. The van der Waals surface area contributed by atoms with Gasteiger partial charge in [-0.1, -0.05) is 44.6 Å². The maximum atomic E-state index is 11.4. The monoisotopic (exact) mass is 218 g/mol. The van der Waals surface area contributed by atoms with Gasteiger partial charge in [-0.2, -0.15) is 0 Å². The fourth-order valence-electron chi connectivity index (χ4n) is 1.37. The Morgan fingerprint density at radius 3 is 2.56 bits per heavy atom. The highest BCUT2D eigenvalue weighted by Crippen LogP contribution is 2.14. The van der Waals surface area contributed by atoms with E-state index in [2.05, 4.69) is 13.5 Å². The van der Waals surface area contributed by atoms with Crippen LogP contribution in [0.4, 0.5) is 0 Å². The number of ether oxygens (including phenoxy) is 1. The zero-order valence-electron chi connectivity index (χ0n) is 9.74. The summed E-state index contributed by atoms with van der Waals surface area (Å²) >= 11 is 0. The topological polar surface area (TPSA) is 26.3 Å². The van der Waals surface area contributed by atoms with Crippen LogP contribution in [-0.4, -0.2) is 5.97 Å². The van der Waals surface area contributed by atoms with E-state index in [1.54, 1.807) is 18.2 Å². The molecule has 0 aliphatic heterocycles. The summed E-state index contributed by atoms with van der Waals surface area (Å²) in [6.45, 7) is 5.77. The quantitative estimate of drug-likeness (QED) is 0.412. The fraction of sp³-hybridized carbons (Fsp3) is 0.357. The Labute approximate surface area is 96.9 Å². The number of carbonyl (C=O) groups excluding carboxylic acids is 1. The lowest BCUT2D eigenvalue weighted by atomic mass is 10.2. The molecule has 0 fully saturated rings. The van der Waals surface area contributed by atoms with Gasteiger partial charge in [-0.3, -0.25) is 4.79 Å². The molecular formula is C14H18O2. The second-order valence-electron chi connectivity index (χ2n) is 3.70. The zero-order chi connectivity index (χ0) is 11.8. The van der Waals surface area contributed by atoms with Gasteiger partial charge >= 0.3 is 5.97 Å². The average molecular weight is 218 g/mol. The number of hydrogen-bond donors (Lipinski definition) is 0. The molecule has 0 aliphatic rings. The molecule has 0 N–H and O–H groups in total. The summed E-state index contributed by atoms with van der Waals surface area (Å²) in [6, 6.07) is 7.33. The van der Waals surface area contributed by atoms with Crippen LogP contribution >= 0.6 is 0 Å². The van der Waals surface area contributed by atoms with E-state index < -0.39 is 0 Å². The Morgan fingerprint density at radius 1 is 1.31 bits per heavy atom. The van der Waals surface area contributed by atoms with Crippen molar-refractivity contribution in [3.8, 4) is 5.75 Å². The van der Waals surface area contributed by atoms with Gasteiger partial charge in [0.05, 0.1) is 0 Å². The SMILES string of the molecule is C=Cc1ccc(OC(=O)CCCCC)cc1. The standard InChI is InChI=1S/C14H18O2/c1-3-5-6-7-14(15)16-13-10-8-12(4-2)9-11-13/h4,8-11H,2-3,5-7H2,1H3. The molecule has 2 nitrogen and oxygen atoms in total. The normalized spacial score (nSPS) is 9.81. The molecule has 86 valence electrons. The minimum absolute atomic E-state index is 0.153. The second-order valence-corrected chi connectivity index (χ2v) is 3.70. The molecular weight excluding hydrogens is 200 g/mol. The number of rotatable bonds is 6. The molecule has 0 radical (unpaired) electrons. The third kappa shape index (κ3) is 4.30. The fourth-order valence-corrected chi connectivity index (χ4v) is 1.37. The summed E-state index contributed by atoms with van der Waals surface area (Å²) in [5.41, 5.74) is 1.02. The second kappa shape index (κ2) is 6.83. The van der Waals surface area contributed by atoms with Gasteiger partial charge in [-0.05, 0) is 24.1 Å². The van der Waals surface area contributed by atoms with Gasteiger partial charge in [-0.25, -0.2) is 0 Å². The lowest BCUT2D eigenvalue weighted by Crippen LogP contribution is -2.07. The molecule has 1 aromatic rings. The van der Waals surface area contributed by atoms with E-state index in [0.717, 1.165) is 24.8 Å². The van der Waals surface area contributed by atoms with Crippen molar-refractivity contribution < 1.29 is 9.53 Å². The summed E-state index contributed by atoms with van der Waals surface area (Å²) < 4.78 is 5.19. The Kier molecular flexibility index (Phi) is 5.34. The van der Waals surface area contributed by atoms with Crippen molar-refractivity contribution in [1.29, 1.82) is 0 Å². The molecule has 1 aromatic carbocycles. The molecule has 0 bridgehead atoms. The highest BCUT2D eigenvalue weighted by Gasteiger charge is 2.03. The molecule has 0 unspecified atom stereocenters.